The second-order valence-electron chi connectivity index (χ2n) is 9.30. The van der Waals surface area contributed by atoms with E-state index in [0.717, 1.165) is 16.0 Å². The molecule has 3 heterocycles. The molecule has 4 atom stereocenters. The topological polar surface area (TPSA) is 70.0 Å². The fourth-order valence-electron chi connectivity index (χ4n) is 4.96. The van der Waals surface area contributed by atoms with Crippen molar-refractivity contribution in [3.05, 3.63) is 65.5 Å². The van der Waals surface area contributed by atoms with Gasteiger partial charge in [-0.1, -0.05) is 45.0 Å². The van der Waals surface area contributed by atoms with Crippen LogP contribution in [0.1, 0.15) is 37.9 Å². The molecule has 2 fully saturated rings. The van der Waals surface area contributed by atoms with E-state index >= 15 is 0 Å². The zero-order chi connectivity index (χ0) is 22.1. The molecule has 0 N–H and O–H groups in total. The summed E-state index contributed by atoms with van der Waals surface area (Å²) in [6.07, 6.45) is 1.68. The van der Waals surface area contributed by atoms with E-state index < -0.39 is 41.1 Å². The fourth-order valence-corrected chi connectivity index (χ4v) is 4.96. The number of rotatable bonds is 2. The van der Waals surface area contributed by atoms with E-state index in [0.29, 0.717) is 5.69 Å². The first-order valence-corrected chi connectivity index (χ1v) is 10.3. The van der Waals surface area contributed by atoms with E-state index in [-0.39, 0.29) is 11.7 Å². The molecule has 0 radical (unpaired) electrons. The van der Waals surface area contributed by atoms with Gasteiger partial charge in [-0.25, -0.2) is 9.29 Å². The Kier molecular flexibility index (Phi) is 4.16. The van der Waals surface area contributed by atoms with Crippen LogP contribution < -0.4 is 4.90 Å². The Labute approximate surface area is 179 Å². The lowest BCUT2D eigenvalue weighted by Crippen LogP contribution is -2.48. The van der Waals surface area contributed by atoms with Gasteiger partial charge in [-0.05, 0) is 35.4 Å². The number of carbonyl (C=O) groups is 3. The Hall–Kier alpha value is -3.35. The van der Waals surface area contributed by atoms with Crippen LogP contribution in [0.25, 0.3) is 0 Å². The number of Topliss-reactive ketones (excluding diaryl/α,β-unsaturated/α-hetero) is 1. The van der Waals surface area contributed by atoms with Gasteiger partial charge in [-0.15, -0.1) is 0 Å². The number of hydrogen-bond acceptors (Lipinski definition) is 5. The molecule has 0 aromatic heterocycles. The van der Waals surface area contributed by atoms with Gasteiger partial charge in [0, 0.05) is 5.41 Å². The quantitative estimate of drug-likeness (QED) is 0.701. The number of anilines is 1. The largest absolute Gasteiger partial charge is 0.297 e. The number of amides is 2. The molecule has 1 unspecified atom stereocenters. The number of hydrogen-bond donors (Lipinski definition) is 0. The van der Waals surface area contributed by atoms with Crippen LogP contribution in [0.15, 0.2) is 53.6 Å². The Balaban J connectivity index is 1.66. The predicted molar refractivity (Wildman–Crippen MR) is 113 cm³/mol. The summed E-state index contributed by atoms with van der Waals surface area (Å²) in [6, 6.07) is 11.5. The number of halogens is 1. The van der Waals surface area contributed by atoms with Crippen LogP contribution in [0, 0.1) is 23.1 Å². The summed E-state index contributed by atoms with van der Waals surface area (Å²) >= 11 is 0. The Morgan fingerprint density at radius 1 is 0.968 bits per heavy atom. The normalized spacial score (nSPS) is 26.7. The molecule has 158 valence electrons. The van der Waals surface area contributed by atoms with Crippen LogP contribution in [-0.4, -0.2) is 34.9 Å². The van der Waals surface area contributed by atoms with Crippen LogP contribution in [0.2, 0.25) is 0 Å². The summed E-state index contributed by atoms with van der Waals surface area (Å²) in [7, 11) is 0. The molecule has 2 aromatic carbocycles. The van der Waals surface area contributed by atoms with Crippen LogP contribution in [0.4, 0.5) is 10.1 Å². The molecule has 0 aliphatic carbocycles. The molecule has 2 saturated heterocycles. The van der Waals surface area contributed by atoms with Crippen molar-refractivity contribution in [2.24, 2.45) is 22.4 Å². The third-order valence-corrected chi connectivity index (χ3v) is 6.39. The molecular formula is C24H22FN3O3. The van der Waals surface area contributed by atoms with Gasteiger partial charge in [0.2, 0.25) is 11.8 Å². The molecule has 2 aromatic rings. The minimum atomic E-state index is -0.849. The Bertz CT molecular complexity index is 1140. The summed E-state index contributed by atoms with van der Waals surface area (Å²) in [5, 5.41) is 6.18. The number of ketones is 1. The van der Waals surface area contributed by atoms with Gasteiger partial charge in [0.15, 0.2) is 5.78 Å². The van der Waals surface area contributed by atoms with Crippen LogP contribution in [0.3, 0.4) is 0 Å². The highest BCUT2D eigenvalue weighted by molar-refractivity contribution is 6.24. The second kappa shape index (κ2) is 6.57. The summed E-state index contributed by atoms with van der Waals surface area (Å²) in [5.74, 6) is -3.00. The average molecular weight is 419 g/mol. The maximum atomic E-state index is 13.6. The monoisotopic (exact) mass is 419 g/mol. The minimum Gasteiger partial charge on any atom is -0.297 e. The van der Waals surface area contributed by atoms with Gasteiger partial charge in [-0.3, -0.25) is 19.4 Å². The third kappa shape index (κ3) is 2.76. The van der Waals surface area contributed by atoms with Crippen LogP contribution in [-0.2, 0) is 14.4 Å². The SMILES string of the molecule is CC(C)(C)C(=O)[C@@H]1[C@@H]2C(=O)N(c3ccc(F)cc3)C(=O)[C@@H]2C2c3ccccc3C=NN21. The zero-order valence-corrected chi connectivity index (χ0v) is 17.4. The first-order valence-electron chi connectivity index (χ1n) is 10.3. The first kappa shape index (κ1) is 19.6. The molecule has 6 nitrogen and oxygen atoms in total. The van der Waals surface area contributed by atoms with E-state index in [2.05, 4.69) is 5.10 Å². The highest BCUT2D eigenvalue weighted by atomic mass is 19.1. The maximum absolute atomic E-state index is 13.6. The molecule has 31 heavy (non-hydrogen) atoms. The fraction of sp³-hybridized carbons (Fsp3) is 0.333. The smallest absolute Gasteiger partial charge is 0.240 e. The van der Waals surface area contributed by atoms with Gasteiger partial charge >= 0.3 is 0 Å². The summed E-state index contributed by atoms with van der Waals surface area (Å²) in [4.78, 5) is 41.7. The van der Waals surface area contributed by atoms with Crippen molar-refractivity contribution >= 4 is 29.5 Å². The van der Waals surface area contributed by atoms with Crippen molar-refractivity contribution in [3.8, 4) is 0 Å². The number of imide groups is 1. The lowest BCUT2D eigenvalue weighted by Gasteiger charge is -2.35. The lowest BCUT2D eigenvalue weighted by molar-refractivity contribution is -0.136. The predicted octanol–water partition coefficient (Wildman–Crippen LogP) is 3.32. The lowest BCUT2D eigenvalue weighted by atomic mass is 9.79. The number of benzene rings is 2. The summed E-state index contributed by atoms with van der Waals surface area (Å²) in [6.45, 7) is 5.41. The highest BCUT2D eigenvalue weighted by Gasteiger charge is 2.66. The Morgan fingerprint density at radius 3 is 2.29 bits per heavy atom. The van der Waals surface area contributed by atoms with E-state index in [4.69, 9.17) is 0 Å². The van der Waals surface area contributed by atoms with Gasteiger partial charge in [-0.2, -0.15) is 5.10 Å². The standard InChI is InChI=1S/C24H22FN3O3/c1-24(2,3)21(29)20-18-17(19-16-7-5-4-6-13(16)12-26-28(19)20)22(30)27(23(18)31)15-10-8-14(25)9-11-15/h4-12,17-20H,1-3H3/t17-,18+,19?,20-/m0/s1. The molecule has 7 heteroatoms. The number of carbonyl (C=O) groups excluding carboxylic acids is 3. The van der Waals surface area contributed by atoms with Crippen molar-refractivity contribution in [2.45, 2.75) is 32.9 Å². The van der Waals surface area contributed by atoms with Gasteiger partial charge in [0.1, 0.15) is 11.9 Å². The van der Waals surface area contributed by atoms with Crippen LogP contribution in [0.5, 0.6) is 0 Å². The van der Waals surface area contributed by atoms with E-state index in [9.17, 15) is 18.8 Å². The average Bonchev–Trinajstić information content (AvgIpc) is 3.20. The van der Waals surface area contributed by atoms with E-state index in [1.54, 1.807) is 32.0 Å². The van der Waals surface area contributed by atoms with E-state index in [1.807, 2.05) is 24.3 Å². The molecular weight excluding hydrogens is 397 g/mol. The number of hydrazone groups is 1. The van der Waals surface area contributed by atoms with E-state index in [1.165, 1.54) is 24.3 Å². The minimum absolute atomic E-state index is 0.136. The second-order valence-corrected chi connectivity index (χ2v) is 9.30. The van der Waals surface area contributed by atoms with Crippen molar-refractivity contribution in [1.29, 1.82) is 0 Å². The zero-order valence-electron chi connectivity index (χ0n) is 17.4. The first-order chi connectivity index (χ1) is 14.7. The maximum Gasteiger partial charge on any atom is 0.240 e. The molecule has 2 amide bonds. The van der Waals surface area contributed by atoms with Gasteiger partial charge < -0.3 is 0 Å². The van der Waals surface area contributed by atoms with Crippen LogP contribution >= 0.6 is 0 Å². The van der Waals surface area contributed by atoms with Gasteiger partial charge in [0.25, 0.3) is 0 Å². The summed E-state index contributed by atoms with van der Waals surface area (Å²) < 4.78 is 13.4. The van der Waals surface area contributed by atoms with Crippen molar-refractivity contribution < 1.29 is 18.8 Å². The molecule has 0 bridgehead atoms. The van der Waals surface area contributed by atoms with Crippen molar-refractivity contribution in [2.75, 3.05) is 4.90 Å². The molecule has 0 spiro atoms. The van der Waals surface area contributed by atoms with Crippen molar-refractivity contribution in [3.63, 3.8) is 0 Å². The number of nitrogens with zero attached hydrogens (tertiary/aromatic N) is 3. The Morgan fingerprint density at radius 2 is 1.61 bits per heavy atom. The third-order valence-electron chi connectivity index (χ3n) is 6.39. The summed E-state index contributed by atoms with van der Waals surface area (Å²) in [5.41, 5.74) is 1.33. The van der Waals surface area contributed by atoms with Gasteiger partial charge in [0.05, 0.1) is 29.8 Å². The van der Waals surface area contributed by atoms with Crippen molar-refractivity contribution in [1.82, 2.24) is 5.01 Å². The molecule has 0 saturated carbocycles. The number of fused-ring (bicyclic) bond motifs is 5. The molecule has 5 rings (SSSR count). The molecule has 3 aliphatic heterocycles. The highest BCUT2D eigenvalue weighted by Crippen LogP contribution is 2.53. The molecule has 3 aliphatic rings.